The first-order valence-corrected chi connectivity index (χ1v) is 6.43. The fourth-order valence-corrected chi connectivity index (χ4v) is 2.02. The van der Waals surface area contributed by atoms with E-state index in [9.17, 15) is 14.9 Å². The maximum atomic E-state index is 12.0. The third-order valence-electron chi connectivity index (χ3n) is 2.84. The van der Waals surface area contributed by atoms with Gasteiger partial charge in [0.25, 0.3) is 11.2 Å². The van der Waals surface area contributed by atoms with Crippen LogP contribution in [-0.4, -0.2) is 14.5 Å². The molecule has 0 saturated heterocycles. The molecule has 0 spiro atoms. The number of hydrogen-bond acceptors (Lipinski definition) is 5. The van der Waals surface area contributed by atoms with E-state index in [1.54, 1.807) is 6.92 Å². The Kier molecular flexibility index (Phi) is 3.84. The van der Waals surface area contributed by atoms with Gasteiger partial charge >= 0.3 is 0 Å². The van der Waals surface area contributed by atoms with Crippen molar-refractivity contribution in [1.82, 2.24) is 9.55 Å². The lowest BCUT2D eigenvalue weighted by atomic mass is 10.1. The summed E-state index contributed by atoms with van der Waals surface area (Å²) in [6.45, 7) is 1.83. The van der Waals surface area contributed by atoms with Crippen molar-refractivity contribution in [3.05, 3.63) is 60.7 Å². The topological polar surface area (TPSA) is 104 Å². The summed E-state index contributed by atoms with van der Waals surface area (Å²) in [4.78, 5) is 26.3. The number of nitrogens with zero attached hydrogens (tertiary/aromatic N) is 3. The Morgan fingerprint density at radius 1 is 1.50 bits per heavy atom. The molecule has 1 aromatic heterocycles. The number of nitro benzene ring substituents is 1. The number of aryl methyl sites for hydroxylation is 1. The molecule has 1 aromatic carbocycles. The van der Waals surface area contributed by atoms with E-state index in [4.69, 9.17) is 5.73 Å². The average Bonchev–Trinajstić information content (AvgIpc) is 2.41. The molecule has 7 nitrogen and oxygen atoms in total. The molecule has 0 saturated carbocycles. The molecule has 2 rings (SSSR count). The fraction of sp³-hybridized carbons (Fsp3) is 0.167. The zero-order valence-corrected chi connectivity index (χ0v) is 12.1. The number of anilines is 1. The summed E-state index contributed by atoms with van der Waals surface area (Å²) in [5.74, 6) is 0. The average molecular weight is 339 g/mol. The minimum atomic E-state index is -0.505. The second kappa shape index (κ2) is 5.41. The van der Waals surface area contributed by atoms with E-state index < -0.39 is 4.92 Å². The smallest absolute Gasteiger partial charge is 0.269 e. The van der Waals surface area contributed by atoms with Crippen LogP contribution in [0, 0.1) is 17.0 Å². The maximum Gasteiger partial charge on any atom is 0.269 e. The van der Waals surface area contributed by atoms with Gasteiger partial charge in [-0.2, -0.15) is 0 Å². The van der Waals surface area contributed by atoms with Crippen LogP contribution in [0.3, 0.4) is 0 Å². The van der Waals surface area contributed by atoms with Crippen molar-refractivity contribution in [3.8, 4) is 0 Å². The van der Waals surface area contributed by atoms with Crippen LogP contribution in [-0.2, 0) is 6.54 Å². The third-order valence-corrected chi connectivity index (χ3v) is 3.75. The molecule has 2 aromatic rings. The third kappa shape index (κ3) is 2.69. The van der Waals surface area contributed by atoms with Gasteiger partial charge in [-0.25, -0.2) is 4.98 Å². The molecule has 0 radical (unpaired) electrons. The zero-order chi connectivity index (χ0) is 14.9. The van der Waals surface area contributed by atoms with Gasteiger partial charge in [0.05, 0.1) is 23.5 Å². The highest BCUT2D eigenvalue weighted by Gasteiger charge is 2.11. The summed E-state index contributed by atoms with van der Waals surface area (Å²) < 4.78 is 1.70. The quantitative estimate of drug-likeness (QED) is 0.522. The molecule has 0 atom stereocenters. The van der Waals surface area contributed by atoms with Crippen molar-refractivity contribution in [1.29, 1.82) is 0 Å². The number of halogens is 1. The molecule has 104 valence electrons. The number of rotatable bonds is 3. The summed E-state index contributed by atoms with van der Waals surface area (Å²) in [7, 11) is 0. The molecular weight excluding hydrogens is 328 g/mol. The Bertz CT molecular complexity index is 742. The zero-order valence-electron chi connectivity index (χ0n) is 10.5. The highest BCUT2D eigenvalue weighted by molar-refractivity contribution is 9.10. The number of benzene rings is 1. The number of nitro groups is 1. The molecule has 20 heavy (non-hydrogen) atoms. The molecule has 0 aliphatic carbocycles. The van der Waals surface area contributed by atoms with Gasteiger partial charge in [0.15, 0.2) is 0 Å². The lowest BCUT2D eigenvalue weighted by Gasteiger charge is -2.09. The van der Waals surface area contributed by atoms with E-state index in [0.29, 0.717) is 21.4 Å². The highest BCUT2D eigenvalue weighted by atomic mass is 79.9. The van der Waals surface area contributed by atoms with Crippen molar-refractivity contribution in [2.45, 2.75) is 13.5 Å². The summed E-state index contributed by atoms with van der Waals surface area (Å²) in [5, 5.41) is 10.8. The van der Waals surface area contributed by atoms with Crippen molar-refractivity contribution in [3.63, 3.8) is 0 Å². The summed E-state index contributed by atoms with van der Waals surface area (Å²) >= 11 is 3.16. The van der Waals surface area contributed by atoms with Crippen LogP contribution < -0.4 is 11.3 Å². The number of nitrogens with two attached hydrogens (primary N) is 1. The van der Waals surface area contributed by atoms with Gasteiger partial charge in [-0.05, 0) is 28.9 Å². The first-order chi connectivity index (χ1) is 9.40. The van der Waals surface area contributed by atoms with Gasteiger partial charge in [-0.1, -0.05) is 0 Å². The van der Waals surface area contributed by atoms with E-state index in [-0.39, 0.29) is 17.8 Å². The first-order valence-electron chi connectivity index (χ1n) is 5.64. The van der Waals surface area contributed by atoms with Crippen LogP contribution in [0.15, 0.2) is 33.8 Å². The molecule has 0 aliphatic rings. The fourth-order valence-electron chi connectivity index (χ4n) is 1.69. The lowest BCUT2D eigenvalue weighted by molar-refractivity contribution is -0.384. The summed E-state index contributed by atoms with van der Waals surface area (Å²) in [5.41, 5.74) is 6.93. The Balaban J connectivity index is 2.45. The van der Waals surface area contributed by atoms with Crippen LogP contribution >= 0.6 is 15.9 Å². The molecule has 0 unspecified atom stereocenters. The van der Waals surface area contributed by atoms with E-state index in [1.165, 1.54) is 29.1 Å². The molecule has 0 amide bonds. The maximum absolute atomic E-state index is 12.0. The van der Waals surface area contributed by atoms with Crippen LogP contribution in [0.2, 0.25) is 0 Å². The van der Waals surface area contributed by atoms with E-state index in [0.717, 1.165) is 0 Å². The molecular formula is C12H11BrN4O3. The van der Waals surface area contributed by atoms with Crippen LogP contribution in [0.25, 0.3) is 0 Å². The minimum absolute atomic E-state index is 0.0682. The van der Waals surface area contributed by atoms with Crippen LogP contribution in [0.5, 0.6) is 0 Å². The SMILES string of the molecule is Cc1ncn(Cc2cc([N+](=O)[O-])ccc2N)c(=O)c1Br. The van der Waals surface area contributed by atoms with E-state index in [2.05, 4.69) is 20.9 Å². The second-order valence-corrected chi connectivity index (χ2v) is 5.01. The molecule has 1 heterocycles. The van der Waals surface area contributed by atoms with Gasteiger partial charge in [-0.15, -0.1) is 0 Å². The summed E-state index contributed by atoms with van der Waals surface area (Å²) in [6.07, 6.45) is 1.39. The van der Waals surface area contributed by atoms with Crippen molar-refractivity contribution >= 4 is 27.3 Å². The van der Waals surface area contributed by atoms with Gasteiger partial charge in [0.1, 0.15) is 4.47 Å². The number of nitrogen functional groups attached to an aromatic ring is 1. The van der Waals surface area contributed by atoms with Crippen molar-refractivity contribution in [2.75, 3.05) is 5.73 Å². The Morgan fingerprint density at radius 2 is 2.20 bits per heavy atom. The normalized spacial score (nSPS) is 10.5. The molecule has 8 heteroatoms. The van der Waals surface area contributed by atoms with Gasteiger partial charge in [0, 0.05) is 23.4 Å². The highest BCUT2D eigenvalue weighted by Crippen LogP contribution is 2.20. The van der Waals surface area contributed by atoms with Gasteiger partial charge < -0.3 is 5.73 Å². The largest absolute Gasteiger partial charge is 0.398 e. The standard InChI is InChI=1S/C12H11BrN4O3/c1-7-11(13)12(18)16(6-15-7)5-8-4-9(17(19)20)2-3-10(8)14/h2-4,6H,5,14H2,1H3. The minimum Gasteiger partial charge on any atom is -0.398 e. The van der Waals surface area contributed by atoms with Gasteiger partial charge in [0.2, 0.25) is 0 Å². The van der Waals surface area contributed by atoms with E-state index in [1.807, 2.05) is 0 Å². The van der Waals surface area contributed by atoms with Crippen LogP contribution in [0.4, 0.5) is 11.4 Å². The van der Waals surface area contributed by atoms with Crippen molar-refractivity contribution < 1.29 is 4.92 Å². The molecule has 2 N–H and O–H groups in total. The molecule has 0 fully saturated rings. The Morgan fingerprint density at radius 3 is 2.85 bits per heavy atom. The van der Waals surface area contributed by atoms with Crippen LogP contribution in [0.1, 0.15) is 11.3 Å². The lowest BCUT2D eigenvalue weighted by Crippen LogP contribution is -2.23. The predicted octanol–water partition coefficient (Wildman–Crippen LogP) is 1.85. The Hall–Kier alpha value is -2.22. The second-order valence-electron chi connectivity index (χ2n) is 4.22. The number of aromatic nitrogens is 2. The molecule has 0 aliphatic heterocycles. The van der Waals surface area contributed by atoms with Gasteiger partial charge in [-0.3, -0.25) is 19.5 Å². The van der Waals surface area contributed by atoms with E-state index >= 15 is 0 Å². The predicted molar refractivity (Wildman–Crippen MR) is 77.5 cm³/mol. The Labute approximate surface area is 122 Å². The number of non-ortho nitro benzene ring substituents is 1. The monoisotopic (exact) mass is 338 g/mol. The number of hydrogen-bond donors (Lipinski definition) is 1. The molecule has 0 bridgehead atoms. The first kappa shape index (κ1) is 14.2. The van der Waals surface area contributed by atoms with Crippen molar-refractivity contribution in [2.24, 2.45) is 0 Å². The summed E-state index contributed by atoms with van der Waals surface area (Å²) in [6, 6.07) is 4.13.